The van der Waals surface area contributed by atoms with Crippen molar-refractivity contribution in [3.63, 3.8) is 0 Å². The van der Waals surface area contributed by atoms with Gasteiger partial charge in [-0.3, -0.25) is 0 Å². The quantitative estimate of drug-likeness (QED) is 0.875. The lowest BCUT2D eigenvalue weighted by Gasteiger charge is -2.14. The van der Waals surface area contributed by atoms with E-state index >= 15 is 0 Å². The molecule has 2 rings (SSSR count). The second-order valence-electron chi connectivity index (χ2n) is 3.70. The van der Waals surface area contributed by atoms with Crippen LogP contribution in [0.25, 0.3) is 0 Å². The summed E-state index contributed by atoms with van der Waals surface area (Å²) in [5.74, 6) is 1.44. The lowest BCUT2D eigenvalue weighted by Crippen LogP contribution is -2.27. The molecule has 0 fully saturated rings. The molecular formula is C12H15NO4. The molecule has 17 heavy (non-hydrogen) atoms. The van der Waals surface area contributed by atoms with E-state index in [0.717, 1.165) is 11.3 Å². The van der Waals surface area contributed by atoms with Crippen molar-refractivity contribution in [1.82, 2.24) is 5.32 Å². The molecule has 0 bridgehead atoms. The summed E-state index contributed by atoms with van der Waals surface area (Å²) >= 11 is 0. The molecule has 0 saturated heterocycles. The van der Waals surface area contributed by atoms with Crippen LogP contribution in [0.3, 0.4) is 0 Å². The Morgan fingerprint density at radius 1 is 1.47 bits per heavy atom. The molecule has 0 aliphatic carbocycles. The van der Waals surface area contributed by atoms with Crippen LogP contribution in [0.4, 0.5) is 4.79 Å². The van der Waals surface area contributed by atoms with E-state index < -0.39 is 6.09 Å². The number of carbonyl (C=O) groups excluding carboxylic acids is 1. The van der Waals surface area contributed by atoms with E-state index in [1.54, 1.807) is 6.92 Å². The lowest BCUT2D eigenvalue weighted by molar-refractivity contribution is 0.149. The third-order valence-electron chi connectivity index (χ3n) is 2.51. The fraction of sp³-hybridized carbons (Fsp3) is 0.417. The predicted molar refractivity (Wildman–Crippen MR) is 61.1 cm³/mol. The van der Waals surface area contributed by atoms with Crippen molar-refractivity contribution >= 4 is 6.09 Å². The Morgan fingerprint density at radius 3 is 3.00 bits per heavy atom. The second-order valence-corrected chi connectivity index (χ2v) is 3.70. The van der Waals surface area contributed by atoms with Crippen LogP contribution in [0, 0.1) is 0 Å². The Morgan fingerprint density at radius 2 is 2.24 bits per heavy atom. The summed E-state index contributed by atoms with van der Waals surface area (Å²) < 4.78 is 15.3. The third-order valence-corrected chi connectivity index (χ3v) is 2.51. The summed E-state index contributed by atoms with van der Waals surface area (Å²) in [6, 6.07) is 5.45. The number of nitrogens with one attached hydrogen (secondary N) is 1. The molecule has 1 atom stereocenters. The maximum Gasteiger partial charge on any atom is 0.407 e. The molecule has 0 radical (unpaired) electrons. The fourth-order valence-electron chi connectivity index (χ4n) is 1.62. The smallest absolute Gasteiger partial charge is 0.407 e. The molecule has 0 spiro atoms. The van der Waals surface area contributed by atoms with Gasteiger partial charge in [0.1, 0.15) is 0 Å². The van der Waals surface area contributed by atoms with Gasteiger partial charge in [0.25, 0.3) is 0 Å². The van der Waals surface area contributed by atoms with Crippen LogP contribution in [-0.2, 0) is 4.74 Å². The fourth-order valence-corrected chi connectivity index (χ4v) is 1.62. The Hall–Kier alpha value is -1.91. The highest BCUT2D eigenvalue weighted by Gasteiger charge is 2.16. The third kappa shape index (κ3) is 2.61. The van der Waals surface area contributed by atoms with E-state index in [-0.39, 0.29) is 12.8 Å². The van der Waals surface area contributed by atoms with Crippen LogP contribution in [0.5, 0.6) is 11.5 Å². The average Bonchev–Trinajstić information content (AvgIpc) is 2.75. The molecule has 1 aromatic rings. The summed E-state index contributed by atoms with van der Waals surface area (Å²) in [6.07, 6.45) is -0.419. The number of fused-ring (bicyclic) bond motifs is 1. The minimum atomic E-state index is -0.419. The highest BCUT2D eigenvalue weighted by molar-refractivity contribution is 5.67. The zero-order chi connectivity index (χ0) is 12.3. The van der Waals surface area contributed by atoms with Gasteiger partial charge in [-0.15, -0.1) is 0 Å². The van der Waals surface area contributed by atoms with Crippen LogP contribution in [0.15, 0.2) is 18.2 Å². The number of amides is 1. The molecular weight excluding hydrogens is 222 g/mol. The number of ether oxygens (including phenoxy) is 3. The van der Waals surface area contributed by atoms with Gasteiger partial charge in [0.2, 0.25) is 6.79 Å². The predicted octanol–water partition coefficient (Wildman–Crippen LogP) is 2.22. The molecule has 5 heteroatoms. The number of hydrogen-bond donors (Lipinski definition) is 1. The summed E-state index contributed by atoms with van der Waals surface area (Å²) in [7, 11) is 0. The van der Waals surface area contributed by atoms with Gasteiger partial charge >= 0.3 is 6.09 Å². The number of benzene rings is 1. The Balaban J connectivity index is 2.04. The van der Waals surface area contributed by atoms with Crippen LogP contribution in [0.2, 0.25) is 0 Å². The molecule has 1 heterocycles. The summed E-state index contributed by atoms with van der Waals surface area (Å²) in [5.41, 5.74) is 0.947. The number of alkyl carbamates (subject to hydrolysis) is 1. The van der Waals surface area contributed by atoms with E-state index in [0.29, 0.717) is 12.4 Å². The Bertz CT molecular complexity index is 419. The average molecular weight is 237 g/mol. The van der Waals surface area contributed by atoms with Crippen LogP contribution >= 0.6 is 0 Å². The topological polar surface area (TPSA) is 56.8 Å². The van der Waals surface area contributed by atoms with Crippen molar-refractivity contribution in [1.29, 1.82) is 0 Å². The Kier molecular flexibility index (Phi) is 3.37. The highest BCUT2D eigenvalue weighted by atomic mass is 16.7. The standard InChI is InChI=1S/C12H15NO4/c1-3-15-12(14)13-8(2)9-4-5-10-11(6-9)17-7-16-10/h4-6,8H,3,7H2,1-2H3,(H,13,14)/t8-/m0/s1. The number of carbonyl (C=O) groups is 1. The van der Waals surface area contributed by atoms with Gasteiger partial charge in [-0.2, -0.15) is 0 Å². The summed E-state index contributed by atoms with van der Waals surface area (Å²) in [4.78, 5) is 11.3. The minimum Gasteiger partial charge on any atom is -0.454 e. The van der Waals surface area contributed by atoms with Gasteiger partial charge in [-0.1, -0.05) is 6.07 Å². The zero-order valence-corrected chi connectivity index (χ0v) is 9.86. The van der Waals surface area contributed by atoms with Gasteiger partial charge in [-0.05, 0) is 31.5 Å². The van der Waals surface area contributed by atoms with Crippen LogP contribution in [-0.4, -0.2) is 19.5 Å². The van der Waals surface area contributed by atoms with Gasteiger partial charge in [0.05, 0.1) is 12.6 Å². The molecule has 0 aromatic heterocycles. The first-order valence-electron chi connectivity index (χ1n) is 5.53. The molecule has 1 N–H and O–H groups in total. The molecule has 1 aliphatic heterocycles. The summed E-state index contributed by atoms with van der Waals surface area (Å²) in [6.45, 7) is 4.26. The van der Waals surface area contributed by atoms with Crippen molar-refractivity contribution in [3.05, 3.63) is 23.8 Å². The molecule has 1 amide bonds. The first-order chi connectivity index (χ1) is 8.20. The maximum atomic E-state index is 11.3. The summed E-state index contributed by atoms with van der Waals surface area (Å²) in [5, 5.41) is 2.73. The van der Waals surface area contributed by atoms with Gasteiger partial charge in [-0.25, -0.2) is 4.79 Å². The van der Waals surface area contributed by atoms with E-state index in [4.69, 9.17) is 14.2 Å². The lowest BCUT2D eigenvalue weighted by atomic mass is 10.1. The highest BCUT2D eigenvalue weighted by Crippen LogP contribution is 2.34. The normalized spacial score (nSPS) is 14.2. The zero-order valence-electron chi connectivity index (χ0n) is 9.86. The largest absolute Gasteiger partial charge is 0.454 e. The van der Waals surface area contributed by atoms with E-state index in [9.17, 15) is 4.79 Å². The van der Waals surface area contributed by atoms with Crippen molar-refractivity contribution in [3.8, 4) is 11.5 Å². The molecule has 92 valence electrons. The van der Waals surface area contributed by atoms with Crippen molar-refractivity contribution in [2.24, 2.45) is 0 Å². The Labute approximate surface area is 99.7 Å². The minimum absolute atomic E-state index is 0.136. The SMILES string of the molecule is CCOC(=O)N[C@@H](C)c1ccc2c(c1)OCO2. The van der Waals surface area contributed by atoms with Crippen molar-refractivity contribution < 1.29 is 19.0 Å². The van der Waals surface area contributed by atoms with E-state index in [1.165, 1.54) is 0 Å². The van der Waals surface area contributed by atoms with Crippen LogP contribution in [0.1, 0.15) is 25.5 Å². The molecule has 5 nitrogen and oxygen atoms in total. The monoisotopic (exact) mass is 237 g/mol. The van der Waals surface area contributed by atoms with Gasteiger partial charge in [0, 0.05) is 0 Å². The van der Waals surface area contributed by atoms with Crippen molar-refractivity contribution in [2.45, 2.75) is 19.9 Å². The van der Waals surface area contributed by atoms with E-state index in [2.05, 4.69) is 5.32 Å². The maximum absolute atomic E-state index is 11.3. The number of hydrogen-bond acceptors (Lipinski definition) is 4. The molecule has 0 unspecified atom stereocenters. The van der Waals surface area contributed by atoms with Gasteiger partial charge in [0.15, 0.2) is 11.5 Å². The second kappa shape index (κ2) is 4.95. The van der Waals surface area contributed by atoms with Crippen LogP contribution < -0.4 is 14.8 Å². The molecule has 0 saturated carbocycles. The number of rotatable bonds is 3. The van der Waals surface area contributed by atoms with E-state index in [1.807, 2.05) is 25.1 Å². The van der Waals surface area contributed by atoms with Crippen molar-refractivity contribution in [2.75, 3.05) is 13.4 Å². The van der Waals surface area contributed by atoms with Gasteiger partial charge < -0.3 is 19.5 Å². The first kappa shape index (κ1) is 11.6. The molecule has 1 aromatic carbocycles. The molecule has 1 aliphatic rings. The first-order valence-corrected chi connectivity index (χ1v) is 5.53.